The summed E-state index contributed by atoms with van der Waals surface area (Å²) in [6, 6.07) is 13.4. The lowest BCUT2D eigenvalue weighted by Crippen LogP contribution is -1.98. The molecule has 3 heteroatoms. The van der Waals surface area contributed by atoms with Crippen molar-refractivity contribution in [3.05, 3.63) is 63.7 Å². The zero-order valence-corrected chi connectivity index (χ0v) is 11.7. The van der Waals surface area contributed by atoms with E-state index in [1.165, 1.54) is 0 Å². The number of nitrogens with zero attached hydrogens (tertiary/aromatic N) is 1. The molecule has 0 bridgehead atoms. The van der Waals surface area contributed by atoms with Gasteiger partial charge in [0.1, 0.15) is 12.4 Å². The number of hydrogen-bond acceptors (Lipinski definition) is 2. The van der Waals surface area contributed by atoms with Crippen LogP contribution in [0.5, 0.6) is 5.75 Å². The first-order chi connectivity index (χ1) is 9.10. The van der Waals surface area contributed by atoms with E-state index >= 15 is 0 Å². The molecular weight excluding hydrogens is 258 g/mol. The van der Waals surface area contributed by atoms with Crippen LogP contribution in [0, 0.1) is 25.2 Å². The van der Waals surface area contributed by atoms with E-state index in [4.69, 9.17) is 21.6 Å². The second kappa shape index (κ2) is 5.77. The zero-order valence-electron chi connectivity index (χ0n) is 10.9. The Morgan fingerprint density at radius 2 is 1.95 bits per heavy atom. The Morgan fingerprint density at radius 3 is 2.63 bits per heavy atom. The first-order valence-electron chi connectivity index (χ1n) is 5.99. The summed E-state index contributed by atoms with van der Waals surface area (Å²) >= 11 is 6.16. The molecule has 0 spiro atoms. The van der Waals surface area contributed by atoms with Crippen molar-refractivity contribution in [2.75, 3.05) is 0 Å². The van der Waals surface area contributed by atoms with Crippen LogP contribution in [0.15, 0.2) is 36.4 Å². The minimum absolute atomic E-state index is 0.398. The van der Waals surface area contributed by atoms with E-state index in [-0.39, 0.29) is 0 Å². The predicted octanol–water partition coefficient (Wildman–Crippen LogP) is 4.41. The van der Waals surface area contributed by atoms with Gasteiger partial charge in [-0.2, -0.15) is 5.26 Å². The van der Waals surface area contributed by atoms with Crippen LogP contribution in [0.25, 0.3) is 0 Å². The highest BCUT2D eigenvalue weighted by molar-refractivity contribution is 6.31. The molecule has 2 nitrogen and oxygen atoms in total. The van der Waals surface area contributed by atoms with E-state index in [9.17, 15) is 0 Å². The van der Waals surface area contributed by atoms with Crippen molar-refractivity contribution < 1.29 is 4.74 Å². The van der Waals surface area contributed by atoms with Crippen molar-refractivity contribution in [3.63, 3.8) is 0 Å². The average molecular weight is 272 g/mol. The van der Waals surface area contributed by atoms with E-state index in [1.807, 2.05) is 38.1 Å². The maximum absolute atomic E-state index is 8.89. The Kier molecular flexibility index (Phi) is 4.09. The molecule has 0 aromatic heterocycles. The number of rotatable bonds is 3. The first-order valence-corrected chi connectivity index (χ1v) is 6.36. The van der Waals surface area contributed by atoms with Crippen LogP contribution in [-0.2, 0) is 6.61 Å². The van der Waals surface area contributed by atoms with Crippen LogP contribution in [-0.4, -0.2) is 0 Å². The summed E-state index contributed by atoms with van der Waals surface area (Å²) in [5.41, 5.74) is 3.66. The lowest BCUT2D eigenvalue weighted by molar-refractivity contribution is 0.304. The predicted molar refractivity (Wildman–Crippen MR) is 76.4 cm³/mol. The quantitative estimate of drug-likeness (QED) is 0.828. The van der Waals surface area contributed by atoms with Gasteiger partial charge >= 0.3 is 0 Å². The standard InChI is InChI=1S/C16H14ClNO/c1-11-3-6-14(15(17)7-11)10-19-16-8-13(9-18)5-4-12(16)2/h3-8H,10H2,1-2H3. The minimum Gasteiger partial charge on any atom is -0.489 e. The molecule has 0 unspecified atom stereocenters. The summed E-state index contributed by atoms with van der Waals surface area (Å²) in [7, 11) is 0. The Bertz CT molecular complexity index is 644. The van der Waals surface area contributed by atoms with Gasteiger partial charge in [-0.3, -0.25) is 0 Å². The van der Waals surface area contributed by atoms with Crippen LogP contribution < -0.4 is 4.74 Å². The monoisotopic (exact) mass is 271 g/mol. The van der Waals surface area contributed by atoms with Gasteiger partial charge in [-0.1, -0.05) is 29.8 Å². The van der Waals surface area contributed by atoms with Crippen LogP contribution in [0.1, 0.15) is 22.3 Å². The van der Waals surface area contributed by atoms with Crippen LogP contribution >= 0.6 is 11.6 Å². The molecule has 0 atom stereocenters. The highest BCUT2D eigenvalue weighted by Gasteiger charge is 2.05. The normalized spacial score (nSPS) is 10.0. The number of halogens is 1. The summed E-state index contributed by atoms with van der Waals surface area (Å²) in [5.74, 6) is 0.718. The largest absolute Gasteiger partial charge is 0.489 e. The Hall–Kier alpha value is -1.98. The fourth-order valence-corrected chi connectivity index (χ4v) is 2.04. The van der Waals surface area contributed by atoms with Gasteiger partial charge < -0.3 is 4.74 Å². The Labute approximate surface area is 118 Å². The molecule has 2 aromatic rings. The summed E-state index contributed by atoms with van der Waals surface area (Å²) in [4.78, 5) is 0. The third-order valence-electron chi connectivity index (χ3n) is 2.91. The van der Waals surface area contributed by atoms with Gasteiger partial charge in [0.2, 0.25) is 0 Å². The number of ether oxygens (including phenoxy) is 1. The summed E-state index contributed by atoms with van der Waals surface area (Å²) in [5, 5.41) is 9.59. The van der Waals surface area contributed by atoms with Crippen LogP contribution in [0.3, 0.4) is 0 Å². The highest BCUT2D eigenvalue weighted by Crippen LogP contribution is 2.23. The van der Waals surface area contributed by atoms with E-state index < -0.39 is 0 Å². The molecular formula is C16H14ClNO. The molecule has 96 valence electrons. The number of benzene rings is 2. The van der Waals surface area contributed by atoms with Crippen molar-refractivity contribution >= 4 is 11.6 Å². The van der Waals surface area contributed by atoms with Gasteiger partial charge in [-0.25, -0.2) is 0 Å². The lowest BCUT2D eigenvalue weighted by atomic mass is 10.1. The Morgan fingerprint density at radius 1 is 1.16 bits per heavy atom. The molecule has 0 saturated carbocycles. The minimum atomic E-state index is 0.398. The molecule has 0 N–H and O–H groups in total. The van der Waals surface area contributed by atoms with Crippen molar-refractivity contribution in [2.24, 2.45) is 0 Å². The summed E-state index contributed by atoms with van der Waals surface area (Å²) in [6.07, 6.45) is 0. The fraction of sp³-hybridized carbons (Fsp3) is 0.188. The van der Waals surface area contributed by atoms with Crippen molar-refractivity contribution in [1.82, 2.24) is 0 Å². The maximum Gasteiger partial charge on any atom is 0.124 e. The topological polar surface area (TPSA) is 33.0 Å². The van der Waals surface area contributed by atoms with E-state index in [0.29, 0.717) is 17.2 Å². The van der Waals surface area contributed by atoms with Gasteiger partial charge in [-0.15, -0.1) is 0 Å². The average Bonchev–Trinajstić information content (AvgIpc) is 2.39. The van der Waals surface area contributed by atoms with Gasteiger partial charge in [0.05, 0.1) is 11.6 Å². The van der Waals surface area contributed by atoms with Crippen molar-refractivity contribution in [3.8, 4) is 11.8 Å². The third-order valence-corrected chi connectivity index (χ3v) is 3.26. The molecule has 2 aromatic carbocycles. The van der Waals surface area contributed by atoms with Crippen molar-refractivity contribution in [2.45, 2.75) is 20.5 Å². The zero-order chi connectivity index (χ0) is 13.8. The number of nitriles is 1. The molecule has 0 heterocycles. The van der Waals surface area contributed by atoms with Crippen LogP contribution in [0.4, 0.5) is 0 Å². The van der Waals surface area contributed by atoms with Gasteiger partial charge in [0.25, 0.3) is 0 Å². The van der Waals surface area contributed by atoms with Gasteiger partial charge in [-0.05, 0) is 43.2 Å². The smallest absolute Gasteiger partial charge is 0.124 e. The lowest BCUT2D eigenvalue weighted by Gasteiger charge is -2.11. The molecule has 19 heavy (non-hydrogen) atoms. The molecule has 0 radical (unpaired) electrons. The van der Waals surface area contributed by atoms with E-state index in [0.717, 1.165) is 22.4 Å². The van der Waals surface area contributed by atoms with Gasteiger partial charge in [0, 0.05) is 10.6 Å². The number of aryl methyl sites for hydroxylation is 2. The molecule has 2 rings (SSSR count). The fourth-order valence-electron chi connectivity index (χ4n) is 1.75. The molecule has 0 fully saturated rings. The van der Waals surface area contributed by atoms with E-state index in [2.05, 4.69) is 6.07 Å². The van der Waals surface area contributed by atoms with Gasteiger partial charge in [0.15, 0.2) is 0 Å². The van der Waals surface area contributed by atoms with Crippen LogP contribution in [0.2, 0.25) is 5.02 Å². The molecule has 0 saturated heterocycles. The second-order valence-electron chi connectivity index (χ2n) is 4.48. The third kappa shape index (κ3) is 3.27. The molecule has 0 amide bonds. The number of hydrogen-bond donors (Lipinski definition) is 0. The SMILES string of the molecule is Cc1ccc(COc2cc(C#N)ccc2C)c(Cl)c1. The first kappa shape index (κ1) is 13.5. The molecule has 0 aliphatic rings. The highest BCUT2D eigenvalue weighted by atomic mass is 35.5. The maximum atomic E-state index is 8.89. The second-order valence-corrected chi connectivity index (χ2v) is 4.88. The summed E-state index contributed by atoms with van der Waals surface area (Å²) in [6.45, 7) is 4.35. The molecule has 0 aliphatic carbocycles. The van der Waals surface area contributed by atoms with Crippen molar-refractivity contribution in [1.29, 1.82) is 5.26 Å². The van der Waals surface area contributed by atoms with E-state index in [1.54, 1.807) is 12.1 Å². The summed E-state index contributed by atoms with van der Waals surface area (Å²) < 4.78 is 5.75. The molecule has 0 aliphatic heterocycles. The Balaban J connectivity index is 2.16.